The third-order valence-electron chi connectivity index (χ3n) is 0.978. The van der Waals surface area contributed by atoms with E-state index in [1.165, 1.54) is 0 Å². The molecule has 0 aromatic rings. The second kappa shape index (κ2) is 3.84. The van der Waals surface area contributed by atoms with Crippen LogP contribution in [0.4, 0.5) is 0 Å². The van der Waals surface area contributed by atoms with Crippen LogP contribution in [0.1, 0.15) is 12.8 Å². The minimum atomic E-state index is -1.23. The molecule has 0 bridgehead atoms. The second-order valence-corrected chi connectivity index (χ2v) is 1.90. The Labute approximate surface area is 58.0 Å². The number of primary amides is 1. The smallest absolute Gasteiger partial charge is 0.322 e. The fraction of sp³-hybridized carbons (Fsp3) is 0.600. The molecule has 10 heavy (non-hydrogen) atoms. The van der Waals surface area contributed by atoms with E-state index in [2.05, 4.69) is 0 Å². The first-order chi connectivity index (χ1) is 4.54. The second-order valence-electron chi connectivity index (χ2n) is 1.90. The first kappa shape index (κ1) is 8.90. The summed E-state index contributed by atoms with van der Waals surface area (Å²) in [6.07, 6.45) is -0.0505. The maximum atomic E-state index is 10.1. The monoisotopic (exact) mass is 145 g/mol. The lowest BCUT2D eigenvalue weighted by Gasteiger charge is -2.00. The van der Waals surface area contributed by atoms with Gasteiger partial charge in [-0.05, 0) is 6.42 Å². The molecule has 1 unspecified atom stereocenters. The van der Waals surface area contributed by atoms with Gasteiger partial charge in [0.25, 0.3) is 0 Å². The lowest BCUT2D eigenvalue weighted by atomic mass is 10.2. The van der Waals surface area contributed by atoms with Crippen LogP contribution in [0.5, 0.6) is 0 Å². The summed E-state index contributed by atoms with van der Waals surface area (Å²) < 4.78 is 0. The van der Waals surface area contributed by atoms with E-state index in [1.54, 1.807) is 0 Å². The van der Waals surface area contributed by atoms with Crippen LogP contribution in [-0.4, -0.2) is 23.0 Å². The Balaban J connectivity index is 3.49. The van der Waals surface area contributed by atoms with E-state index in [1.807, 2.05) is 0 Å². The molecule has 57 valence electrons. The summed E-state index contributed by atoms with van der Waals surface area (Å²) in [6, 6.07) is -1.23. The predicted molar refractivity (Wildman–Crippen MR) is 32.9 cm³/mol. The van der Waals surface area contributed by atoms with Crippen molar-refractivity contribution in [3.63, 3.8) is 0 Å². The molecular formula is C5H9N2O3. The molecule has 0 spiro atoms. The number of hydrogen-bond acceptors (Lipinski definition) is 2. The zero-order chi connectivity index (χ0) is 8.15. The molecule has 1 amide bonds. The van der Waals surface area contributed by atoms with Crippen molar-refractivity contribution >= 4 is 11.9 Å². The molecule has 4 N–H and O–H groups in total. The molecule has 0 saturated carbocycles. The first-order valence-corrected chi connectivity index (χ1v) is 2.76. The van der Waals surface area contributed by atoms with Crippen molar-refractivity contribution in [2.24, 2.45) is 5.73 Å². The van der Waals surface area contributed by atoms with Gasteiger partial charge in [-0.3, -0.25) is 9.59 Å². The maximum Gasteiger partial charge on any atom is 0.322 e. The Morgan fingerprint density at radius 2 is 2.10 bits per heavy atom. The molecule has 0 fully saturated rings. The van der Waals surface area contributed by atoms with Gasteiger partial charge in [0.05, 0.1) is 0 Å². The summed E-state index contributed by atoms with van der Waals surface area (Å²) in [5, 5.41) is 8.16. The van der Waals surface area contributed by atoms with E-state index in [0.717, 1.165) is 0 Å². The highest BCUT2D eigenvalue weighted by Gasteiger charge is 2.12. The Morgan fingerprint density at radius 1 is 1.60 bits per heavy atom. The molecule has 0 aromatic heterocycles. The largest absolute Gasteiger partial charge is 0.480 e. The van der Waals surface area contributed by atoms with Crippen molar-refractivity contribution in [1.29, 1.82) is 0 Å². The van der Waals surface area contributed by atoms with Crippen molar-refractivity contribution in [2.45, 2.75) is 18.9 Å². The molecule has 0 aliphatic carbocycles. The van der Waals surface area contributed by atoms with Crippen LogP contribution in [-0.2, 0) is 9.59 Å². The third-order valence-corrected chi connectivity index (χ3v) is 0.978. The lowest BCUT2D eigenvalue weighted by Crippen LogP contribution is -2.23. The molecule has 5 heteroatoms. The summed E-state index contributed by atoms with van der Waals surface area (Å²) in [5.41, 5.74) is 11.5. The van der Waals surface area contributed by atoms with Crippen molar-refractivity contribution in [1.82, 2.24) is 5.73 Å². The van der Waals surface area contributed by atoms with Crippen LogP contribution in [0.15, 0.2) is 0 Å². The van der Waals surface area contributed by atoms with Crippen molar-refractivity contribution in [2.75, 3.05) is 0 Å². The molecule has 1 atom stereocenters. The number of hydrogen-bond donors (Lipinski definition) is 2. The highest BCUT2D eigenvalue weighted by Crippen LogP contribution is 1.94. The van der Waals surface area contributed by atoms with Crippen molar-refractivity contribution in [3.05, 3.63) is 0 Å². The van der Waals surface area contributed by atoms with E-state index in [9.17, 15) is 9.59 Å². The van der Waals surface area contributed by atoms with Gasteiger partial charge in [-0.15, -0.1) is 0 Å². The highest BCUT2D eigenvalue weighted by molar-refractivity contribution is 5.76. The standard InChI is InChI=1S/C5H9N2O3/c6-3(5(9)10)1-2-4(7)8/h3,6H,1-2H2,(H2,7,8)(H,9,10). The maximum absolute atomic E-state index is 10.1. The highest BCUT2D eigenvalue weighted by atomic mass is 16.4. The number of carbonyl (C=O) groups is 2. The van der Waals surface area contributed by atoms with Gasteiger partial charge in [0.1, 0.15) is 6.04 Å². The normalized spacial score (nSPS) is 12.5. The summed E-state index contributed by atoms with van der Waals surface area (Å²) in [5.74, 6) is -1.79. The average Bonchev–Trinajstić information content (AvgIpc) is 1.82. The number of carboxylic acids is 1. The topological polar surface area (TPSA) is 104 Å². The van der Waals surface area contributed by atoms with Gasteiger partial charge >= 0.3 is 5.97 Å². The molecular weight excluding hydrogens is 136 g/mol. The zero-order valence-corrected chi connectivity index (χ0v) is 5.33. The molecule has 0 aliphatic heterocycles. The Morgan fingerprint density at radius 3 is 2.40 bits per heavy atom. The molecule has 0 saturated heterocycles. The van der Waals surface area contributed by atoms with Crippen molar-refractivity contribution in [3.8, 4) is 0 Å². The Hall–Kier alpha value is -1.10. The number of carboxylic acid groups (broad SMARTS) is 1. The number of aliphatic carboxylic acids is 1. The molecule has 0 aliphatic rings. The predicted octanol–water partition coefficient (Wildman–Crippen LogP) is -1.01. The Kier molecular flexibility index (Phi) is 3.42. The number of nitrogens with two attached hydrogens (primary N) is 1. The molecule has 0 heterocycles. The van der Waals surface area contributed by atoms with Gasteiger partial charge in [0.15, 0.2) is 0 Å². The minimum Gasteiger partial charge on any atom is -0.480 e. The molecule has 1 radical (unpaired) electrons. The van der Waals surface area contributed by atoms with Crippen LogP contribution < -0.4 is 11.5 Å². The number of rotatable bonds is 4. The zero-order valence-electron chi connectivity index (χ0n) is 5.33. The average molecular weight is 145 g/mol. The lowest BCUT2D eigenvalue weighted by molar-refractivity contribution is -0.138. The van der Waals surface area contributed by atoms with E-state index in [4.69, 9.17) is 16.6 Å². The summed E-state index contributed by atoms with van der Waals surface area (Å²) in [6.45, 7) is 0. The number of amides is 1. The van der Waals surface area contributed by atoms with Crippen LogP contribution in [0, 0.1) is 0 Å². The Bertz CT molecular complexity index is 146. The van der Waals surface area contributed by atoms with Gasteiger partial charge in [-0.25, -0.2) is 5.73 Å². The van der Waals surface area contributed by atoms with Crippen molar-refractivity contribution < 1.29 is 14.7 Å². The summed E-state index contributed by atoms with van der Waals surface area (Å²) in [4.78, 5) is 20.0. The molecule has 5 nitrogen and oxygen atoms in total. The fourth-order valence-electron chi connectivity index (χ4n) is 0.410. The third kappa shape index (κ3) is 3.85. The molecule has 0 rings (SSSR count). The summed E-state index contributed by atoms with van der Waals surface area (Å²) >= 11 is 0. The number of carbonyl (C=O) groups excluding carboxylic acids is 1. The van der Waals surface area contributed by atoms with E-state index >= 15 is 0 Å². The van der Waals surface area contributed by atoms with Crippen LogP contribution in [0.3, 0.4) is 0 Å². The SMILES string of the molecule is [NH]C(CCC(N)=O)C(=O)O. The van der Waals surface area contributed by atoms with Gasteiger partial charge in [0, 0.05) is 6.42 Å². The van der Waals surface area contributed by atoms with Gasteiger partial charge in [-0.2, -0.15) is 0 Å². The van der Waals surface area contributed by atoms with Gasteiger partial charge < -0.3 is 10.8 Å². The molecule has 0 aromatic carbocycles. The van der Waals surface area contributed by atoms with E-state index in [0.29, 0.717) is 0 Å². The van der Waals surface area contributed by atoms with Crippen LogP contribution in [0.2, 0.25) is 0 Å². The summed E-state index contributed by atoms with van der Waals surface area (Å²) in [7, 11) is 0. The fourth-order valence-corrected chi connectivity index (χ4v) is 0.410. The minimum absolute atomic E-state index is 0.00926. The van der Waals surface area contributed by atoms with Gasteiger partial charge in [-0.1, -0.05) is 0 Å². The quantitative estimate of drug-likeness (QED) is 0.529. The first-order valence-electron chi connectivity index (χ1n) is 2.76. The van der Waals surface area contributed by atoms with Gasteiger partial charge in [0.2, 0.25) is 5.91 Å². The van der Waals surface area contributed by atoms with Crippen LogP contribution >= 0.6 is 0 Å². The number of nitrogens with one attached hydrogen (secondary N) is 1. The van der Waals surface area contributed by atoms with E-state index in [-0.39, 0.29) is 12.8 Å². The van der Waals surface area contributed by atoms with Crippen LogP contribution in [0.25, 0.3) is 0 Å². The van der Waals surface area contributed by atoms with E-state index < -0.39 is 17.9 Å².